The molecule has 0 aliphatic carbocycles. The van der Waals surface area contributed by atoms with Gasteiger partial charge in [0.15, 0.2) is 11.6 Å². The van der Waals surface area contributed by atoms with Crippen molar-refractivity contribution in [2.24, 2.45) is 0 Å². The molecule has 0 amide bonds. The van der Waals surface area contributed by atoms with Crippen molar-refractivity contribution in [3.8, 4) is 17.3 Å². The standard InChI is InChI=1S/C27H35F2N3O3/c1-4-6-15-34-19-23(33)17-31(14-5-2)18-24-20(3)30-32(22-10-8-7-9-11-22)27(24)35-26-13-12-21(28)16-25(26)29/h7-13,16,23,33H,4-6,14-15,17-19H2,1-3H3/t23-/m1/s1. The fraction of sp³-hybridized carbons (Fsp3) is 0.444. The van der Waals surface area contributed by atoms with Crippen LogP contribution in [0.3, 0.4) is 0 Å². The topological polar surface area (TPSA) is 59.8 Å². The fourth-order valence-corrected chi connectivity index (χ4v) is 3.82. The van der Waals surface area contributed by atoms with Crippen molar-refractivity contribution in [2.75, 3.05) is 26.3 Å². The van der Waals surface area contributed by atoms with E-state index in [4.69, 9.17) is 9.47 Å². The lowest BCUT2D eigenvalue weighted by atomic mass is 10.2. The van der Waals surface area contributed by atoms with Gasteiger partial charge in [0.25, 0.3) is 0 Å². The summed E-state index contributed by atoms with van der Waals surface area (Å²) in [5.74, 6) is -1.20. The molecule has 35 heavy (non-hydrogen) atoms. The normalized spacial score (nSPS) is 12.3. The van der Waals surface area contributed by atoms with Gasteiger partial charge in [0.05, 0.1) is 29.7 Å². The van der Waals surface area contributed by atoms with E-state index in [1.165, 1.54) is 6.07 Å². The molecule has 6 nitrogen and oxygen atoms in total. The highest BCUT2D eigenvalue weighted by atomic mass is 19.1. The molecule has 0 unspecified atom stereocenters. The van der Waals surface area contributed by atoms with E-state index in [2.05, 4.69) is 23.8 Å². The van der Waals surface area contributed by atoms with Crippen molar-refractivity contribution < 1.29 is 23.4 Å². The van der Waals surface area contributed by atoms with Gasteiger partial charge in [-0.2, -0.15) is 5.10 Å². The first-order valence-electron chi connectivity index (χ1n) is 12.2. The summed E-state index contributed by atoms with van der Waals surface area (Å²) in [4.78, 5) is 2.11. The number of aliphatic hydroxyl groups excluding tert-OH is 1. The van der Waals surface area contributed by atoms with Crippen molar-refractivity contribution in [2.45, 2.75) is 52.7 Å². The Hall–Kier alpha value is -2.81. The number of aromatic nitrogens is 2. The lowest BCUT2D eigenvalue weighted by molar-refractivity contribution is 0.0143. The minimum Gasteiger partial charge on any atom is -0.435 e. The zero-order chi connectivity index (χ0) is 25.2. The number of nitrogens with zero attached hydrogens (tertiary/aromatic N) is 3. The van der Waals surface area contributed by atoms with Gasteiger partial charge >= 0.3 is 0 Å². The second-order valence-electron chi connectivity index (χ2n) is 8.61. The van der Waals surface area contributed by atoms with Crippen LogP contribution in [-0.2, 0) is 11.3 Å². The van der Waals surface area contributed by atoms with Gasteiger partial charge in [0.1, 0.15) is 5.82 Å². The molecule has 0 bridgehead atoms. The summed E-state index contributed by atoms with van der Waals surface area (Å²) in [6.07, 6.45) is 2.25. The summed E-state index contributed by atoms with van der Waals surface area (Å²) >= 11 is 0. The Morgan fingerprint density at radius 1 is 1.09 bits per heavy atom. The van der Waals surface area contributed by atoms with Crippen LogP contribution in [0.1, 0.15) is 44.4 Å². The van der Waals surface area contributed by atoms with Crippen molar-refractivity contribution in [1.82, 2.24) is 14.7 Å². The summed E-state index contributed by atoms with van der Waals surface area (Å²) in [6.45, 7) is 8.54. The summed E-state index contributed by atoms with van der Waals surface area (Å²) in [5.41, 5.74) is 2.25. The largest absolute Gasteiger partial charge is 0.435 e. The number of aryl methyl sites for hydroxylation is 1. The zero-order valence-corrected chi connectivity index (χ0v) is 20.7. The van der Waals surface area contributed by atoms with Crippen LogP contribution in [-0.4, -0.2) is 52.2 Å². The molecular formula is C27H35F2N3O3. The minimum atomic E-state index is -0.792. The number of para-hydroxylation sites is 1. The fourth-order valence-electron chi connectivity index (χ4n) is 3.82. The van der Waals surface area contributed by atoms with E-state index in [1.54, 1.807) is 4.68 Å². The highest BCUT2D eigenvalue weighted by Crippen LogP contribution is 2.33. The van der Waals surface area contributed by atoms with Crippen LogP contribution in [0.4, 0.5) is 8.78 Å². The predicted octanol–water partition coefficient (Wildman–Crippen LogP) is 5.64. The first-order chi connectivity index (χ1) is 16.9. The van der Waals surface area contributed by atoms with Gasteiger partial charge < -0.3 is 14.6 Å². The Bertz CT molecular complexity index is 1060. The van der Waals surface area contributed by atoms with Gasteiger partial charge in [0, 0.05) is 25.8 Å². The monoisotopic (exact) mass is 487 g/mol. The maximum atomic E-state index is 14.5. The molecule has 0 aliphatic rings. The summed E-state index contributed by atoms with van der Waals surface area (Å²) in [7, 11) is 0. The Morgan fingerprint density at radius 2 is 1.86 bits per heavy atom. The van der Waals surface area contributed by atoms with Crippen LogP contribution in [0, 0.1) is 18.6 Å². The predicted molar refractivity (Wildman–Crippen MR) is 132 cm³/mol. The van der Waals surface area contributed by atoms with Crippen LogP contribution in [0.25, 0.3) is 5.69 Å². The molecule has 1 aromatic heterocycles. The smallest absolute Gasteiger partial charge is 0.227 e. The van der Waals surface area contributed by atoms with E-state index in [-0.39, 0.29) is 12.4 Å². The second kappa shape index (κ2) is 13.3. The molecule has 190 valence electrons. The van der Waals surface area contributed by atoms with Gasteiger partial charge in [-0.05, 0) is 50.6 Å². The summed E-state index contributed by atoms with van der Waals surface area (Å²) in [5, 5.41) is 15.2. The maximum absolute atomic E-state index is 14.5. The summed E-state index contributed by atoms with van der Waals surface area (Å²) in [6, 6.07) is 12.6. The molecule has 0 saturated heterocycles. The molecule has 1 heterocycles. The molecule has 1 N–H and O–H groups in total. The summed E-state index contributed by atoms with van der Waals surface area (Å²) < 4.78 is 41.2. The van der Waals surface area contributed by atoms with Gasteiger partial charge in [-0.15, -0.1) is 0 Å². The van der Waals surface area contributed by atoms with Gasteiger partial charge in [0.2, 0.25) is 5.88 Å². The van der Waals surface area contributed by atoms with Gasteiger partial charge in [-0.3, -0.25) is 4.90 Å². The number of benzene rings is 2. The molecule has 0 spiro atoms. The second-order valence-corrected chi connectivity index (χ2v) is 8.61. The van der Waals surface area contributed by atoms with E-state index in [0.717, 1.165) is 54.9 Å². The molecule has 1 atom stereocenters. The number of aliphatic hydroxyl groups is 1. The minimum absolute atomic E-state index is 0.0869. The molecule has 0 saturated carbocycles. The maximum Gasteiger partial charge on any atom is 0.227 e. The molecule has 8 heteroatoms. The van der Waals surface area contributed by atoms with Crippen LogP contribution in [0.15, 0.2) is 48.5 Å². The van der Waals surface area contributed by atoms with Crippen LogP contribution in [0.5, 0.6) is 11.6 Å². The van der Waals surface area contributed by atoms with Gasteiger partial charge in [-0.1, -0.05) is 38.5 Å². The lowest BCUT2D eigenvalue weighted by Gasteiger charge is -2.25. The number of ether oxygens (including phenoxy) is 2. The van der Waals surface area contributed by atoms with Crippen molar-refractivity contribution in [3.05, 3.63) is 71.4 Å². The van der Waals surface area contributed by atoms with Crippen LogP contribution < -0.4 is 4.74 Å². The van der Waals surface area contributed by atoms with Crippen molar-refractivity contribution in [3.63, 3.8) is 0 Å². The van der Waals surface area contributed by atoms with Crippen LogP contribution >= 0.6 is 0 Å². The molecule has 3 rings (SSSR count). The average Bonchev–Trinajstić information content (AvgIpc) is 3.14. The highest BCUT2D eigenvalue weighted by molar-refractivity contribution is 5.43. The SMILES string of the molecule is CCCCOC[C@H](O)CN(CCC)Cc1c(C)nn(-c2ccccc2)c1Oc1ccc(F)cc1F. The highest BCUT2D eigenvalue weighted by Gasteiger charge is 2.23. The number of halogens is 2. The Labute approximate surface area is 206 Å². The van der Waals surface area contributed by atoms with Crippen molar-refractivity contribution >= 4 is 0 Å². The van der Waals surface area contributed by atoms with Gasteiger partial charge in [-0.25, -0.2) is 13.5 Å². The molecule has 0 fully saturated rings. The number of rotatable bonds is 14. The number of hydrogen-bond acceptors (Lipinski definition) is 5. The molecule has 0 aliphatic heterocycles. The Kier molecular flexibility index (Phi) is 10.2. The van der Waals surface area contributed by atoms with Crippen LogP contribution in [0.2, 0.25) is 0 Å². The Balaban J connectivity index is 1.89. The van der Waals surface area contributed by atoms with E-state index in [9.17, 15) is 13.9 Å². The molecule has 3 aromatic rings. The van der Waals surface area contributed by atoms with E-state index in [0.29, 0.717) is 25.6 Å². The number of unbranched alkanes of at least 4 members (excludes halogenated alkanes) is 1. The van der Waals surface area contributed by atoms with E-state index < -0.39 is 17.7 Å². The van der Waals surface area contributed by atoms with Crippen molar-refractivity contribution in [1.29, 1.82) is 0 Å². The molecular weight excluding hydrogens is 452 g/mol. The molecule has 0 radical (unpaired) electrons. The first-order valence-corrected chi connectivity index (χ1v) is 12.2. The van der Waals surface area contributed by atoms with E-state index >= 15 is 0 Å². The third-order valence-corrected chi connectivity index (χ3v) is 5.58. The third-order valence-electron chi connectivity index (χ3n) is 5.58. The average molecular weight is 488 g/mol. The quantitative estimate of drug-likeness (QED) is 0.298. The van der Waals surface area contributed by atoms with E-state index in [1.807, 2.05) is 37.3 Å². The zero-order valence-electron chi connectivity index (χ0n) is 20.7. The molecule has 2 aromatic carbocycles. The number of hydrogen-bond donors (Lipinski definition) is 1. The third kappa shape index (κ3) is 7.59. The Morgan fingerprint density at radius 3 is 2.54 bits per heavy atom. The lowest BCUT2D eigenvalue weighted by Crippen LogP contribution is -2.35. The first kappa shape index (κ1) is 26.8.